The van der Waals surface area contributed by atoms with Gasteiger partial charge in [0.15, 0.2) is 0 Å². The van der Waals surface area contributed by atoms with E-state index >= 15 is 0 Å². The maximum absolute atomic E-state index is 13.3. The molecule has 0 aliphatic heterocycles. The van der Waals surface area contributed by atoms with Crippen molar-refractivity contribution in [2.24, 2.45) is 5.92 Å². The van der Waals surface area contributed by atoms with Gasteiger partial charge in [-0.2, -0.15) is 13.2 Å². The Labute approximate surface area is 217 Å². The van der Waals surface area contributed by atoms with E-state index in [1.165, 1.54) is 25.3 Å². The van der Waals surface area contributed by atoms with E-state index in [0.717, 1.165) is 17.0 Å². The lowest BCUT2D eigenvalue weighted by Gasteiger charge is -2.16. The largest absolute Gasteiger partial charge is 0.416 e. The van der Waals surface area contributed by atoms with Gasteiger partial charge in [-0.25, -0.2) is 4.98 Å². The molecule has 4 aromatic rings. The van der Waals surface area contributed by atoms with Crippen molar-refractivity contribution in [2.45, 2.75) is 33.9 Å². The first-order valence-corrected chi connectivity index (χ1v) is 12.1. The molecule has 4 rings (SSSR count). The van der Waals surface area contributed by atoms with Crippen LogP contribution < -0.4 is 16.0 Å². The number of aromatic amines is 1. The molecule has 0 aliphatic rings. The summed E-state index contributed by atoms with van der Waals surface area (Å²) in [6, 6.07) is 10.2. The summed E-state index contributed by atoms with van der Waals surface area (Å²) in [6.45, 7) is 7.83. The van der Waals surface area contributed by atoms with Crippen molar-refractivity contribution in [1.82, 2.24) is 9.97 Å². The Balaban J connectivity index is 1.59. The summed E-state index contributed by atoms with van der Waals surface area (Å²) in [5, 5.41) is 9.64. The van der Waals surface area contributed by atoms with Crippen molar-refractivity contribution in [3.63, 3.8) is 0 Å². The van der Waals surface area contributed by atoms with E-state index in [2.05, 4.69) is 39.8 Å². The molecule has 0 unspecified atom stereocenters. The Hall–Kier alpha value is -4.34. The molecule has 0 fully saturated rings. The molecule has 2 heterocycles. The smallest absolute Gasteiger partial charge is 0.383 e. The Kier molecular flexibility index (Phi) is 7.43. The number of hydrogen-bond acceptors (Lipinski definition) is 4. The molecule has 7 nitrogen and oxygen atoms in total. The van der Waals surface area contributed by atoms with Gasteiger partial charge < -0.3 is 20.9 Å². The predicted molar refractivity (Wildman–Crippen MR) is 143 cm³/mol. The van der Waals surface area contributed by atoms with Crippen LogP contribution in [0.4, 0.5) is 30.2 Å². The number of benzene rings is 2. The first-order chi connectivity index (χ1) is 18.0. The fraction of sp³-hybridized carbons (Fsp3) is 0.250. The molecule has 4 N–H and O–H groups in total. The molecule has 0 saturated carbocycles. The van der Waals surface area contributed by atoms with Gasteiger partial charge in [-0.05, 0) is 61.2 Å². The molecule has 38 heavy (non-hydrogen) atoms. The topological polar surface area (TPSA) is 98.9 Å². The number of halogens is 3. The van der Waals surface area contributed by atoms with Gasteiger partial charge in [0.2, 0.25) is 0 Å². The second kappa shape index (κ2) is 10.6. The number of rotatable bonds is 7. The number of aryl methyl sites for hydroxylation is 1. The van der Waals surface area contributed by atoms with Crippen LogP contribution in [0.3, 0.4) is 0 Å². The van der Waals surface area contributed by atoms with E-state index in [1.54, 1.807) is 31.3 Å². The molecule has 0 atom stereocenters. The number of aromatic nitrogens is 2. The van der Waals surface area contributed by atoms with Gasteiger partial charge in [-0.15, -0.1) is 0 Å². The number of nitrogens with zero attached hydrogens (tertiary/aromatic N) is 1. The molecule has 0 aliphatic carbocycles. The molecule has 198 valence electrons. The minimum Gasteiger partial charge on any atom is -0.383 e. The van der Waals surface area contributed by atoms with E-state index in [1.807, 2.05) is 6.07 Å². The van der Waals surface area contributed by atoms with Crippen molar-refractivity contribution in [1.29, 1.82) is 0 Å². The average Bonchev–Trinajstić information content (AvgIpc) is 3.33. The SMILES string of the molecule is Cc1ccc(NC(=O)c2cccc(C(F)(F)F)c2C)cc1NC(=O)c1cnc2[nH]ccc2c1NCC(C)C. The fourth-order valence-corrected chi connectivity index (χ4v) is 4.09. The van der Waals surface area contributed by atoms with Crippen molar-refractivity contribution in [3.8, 4) is 0 Å². The molecule has 0 saturated heterocycles. The van der Waals surface area contributed by atoms with Gasteiger partial charge in [0, 0.05) is 41.3 Å². The zero-order chi connectivity index (χ0) is 27.6. The fourth-order valence-electron chi connectivity index (χ4n) is 4.09. The highest BCUT2D eigenvalue weighted by molar-refractivity contribution is 6.13. The number of carbonyl (C=O) groups excluding carboxylic acids is 2. The third-order valence-corrected chi connectivity index (χ3v) is 6.15. The molecule has 2 amide bonds. The summed E-state index contributed by atoms with van der Waals surface area (Å²) < 4.78 is 39.8. The normalized spacial score (nSPS) is 11.6. The molecule has 0 bridgehead atoms. The van der Waals surface area contributed by atoms with Gasteiger partial charge >= 0.3 is 6.18 Å². The molecule has 2 aromatic heterocycles. The lowest BCUT2D eigenvalue weighted by molar-refractivity contribution is -0.138. The standard InChI is InChI=1S/C28H28F3N5O2/c1-15(2)13-33-24-20-10-11-32-25(20)34-14-21(24)27(38)36-23-12-18(9-8-16(23)3)35-26(37)19-6-5-7-22(17(19)4)28(29,30)31/h5-12,14-15H,13H2,1-4H3,(H,35,37)(H,36,38)(H2,32,33,34). The number of pyridine rings is 1. The highest BCUT2D eigenvalue weighted by Gasteiger charge is 2.33. The van der Waals surface area contributed by atoms with Crippen LogP contribution in [0.2, 0.25) is 0 Å². The van der Waals surface area contributed by atoms with Crippen molar-refractivity contribution in [2.75, 3.05) is 22.5 Å². The van der Waals surface area contributed by atoms with E-state index < -0.39 is 23.6 Å². The number of nitrogens with one attached hydrogen (secondary N) is 4. The van der Waals surface area contributed by atoms with Crippen LogP contribution >= 0.6 is 0 Å². The third-order valence-electron chi connectivity index (χ3n) is 6.15. The number of carbonyl (C=O) groups is 2. The summed E-state index contributed by atoms with van der Waals surface area (Å²) in [4.78, 5) is 33.6. The van der Waals surface area contributed by atoms with Crippen LogP contribution in [0.1, 0.15) is 51.3 Å². The highest BCUT2D eigenvalue weighted by atomic mass is 19.4. The van der Waals surface area contributed by atoms with Crippen LogP contribution in [0.25, 0.3) is 11.0 Å². The van der Waals surface area contributed by atoms with Crippen LogP contribution in [-0.4, -0.2) is 28.3 Å². The lowest BCUT2D eigenvalue weighted by Crippen LogP contribution is -2.19. The Morgan fingerprint density at radius 3 is 2.45 bits per heavy atom. The second-order valence-electron chi connectivity index (χ2n) is 9.48. The van der Waals surface area contributed by atoms with Gasteiger partial charge in [-0.3, -0.25) is 9.59 Å². The number of fused-ring (bicyclic) bond motifs is 1. The Bertz CT molecular complexity index is 1510. The van der Waals surface area contributed by atoms with Crippen LogP contribution in [0.15, 0.2) is 54.9 Å². The first-order valence-electron chi connectivity index (χ1n) is 12.1. The van der Waals surface area contributed by atoms with E-state index in [9.17, 15) is 22.8 Å². The molecule has 10 heteroatoms. The molecule has 0 radical (unpaired) electrons. The lowest BCUT2D eigenvalue weighted by atomic mass is 10.0. The van der Waals surface area contributed by atoms with Crippen LogP contribution in [-0.2, 0) is 6.18 Å². The summed E-state index contributed by atoms with van der Waals surface area (Å²) in [5.74, 6) is -0.736. The summed E-state index contributed by atoms with van der Waals surface area (Å²) in [5.41, 5.74) is 2.05. The number of H-pyrrole nitrogens is 1. The van der Waals surface area contributed by atoms with E-state index in [-0.39, 0.29) is 11.1 Å². The first kappa shape index (κ1) is 26.7. The monoisotopic (exact) mass is 523 g/mol. The maximum atomic E-state index is 13.3. The van der Waals surface area contributed by atoms with Gasteiger partial charge in [0.05, 0.1) is 16.8 Å². The van der Waals surface area contributed by atoms with Gasteiger partial charge in [-0.1, -0.05) is 26.0 Å². The summed E-state index contributed by atoms with van der Waals surface area (Å²) in [6.07, 6.45) is -1.32. The van der Waals surface area contributed by atoms with Crippen molar-refractivity contribution in [3.05, 3.63) is 82.7 Å². The van der Waals surface area contributed by atoms with E-state index in [0.29, 0.717) is 40.7 Å². The maximum Gasteiger partial charge on any atom is 0.416 e. The van der Waals surface area contributed by atoms with E-state index in [4.69, 9.17) is 0 Å². The molecule has 2 aromatic carbocycles. The number of alkyl halides is 3. The van der Waals surface area contributed by atoms with Crippen LogP contribution in [0, 0.1) is 19.8 Å². The third kappa shape index (κ3) is 5.64. The van der Waals surface area contributed by atoms with Crippen molar-refractivity contribution >= 4 is 39.9 Å². The average molecular weight is 524 g/mol. The molecular weight excluding hydrogens is 495 g/mol. The summed E-state index contributed by atoms with van der Waals surface area (Å²) in [7, 11) is 0. The number of hydrogen-bond donors (Lipinski definition) is 4. The zero-order valence-corrected chi connectivity index (χ0v) is 21.4. The highest BCUT2D eigenvalue weighted by Crippen LogP contribution is 2.33. The second-order valence-corrected chi connectivity index (χ2v) is 9.48. The Morgan fingerprint density at radius 1 is 1.00 bits per heavy atom. The quantitative estimate of drug-likeness (QED) is 0.215. The predicted octanol–water partition coefficient (Wildman–Crippen LogP) is 6.77. The van der Waals surface area contributed by atoms with Crippen molar-refractivity contribution < 1.29 is 22.8 Å². The van der Waals surface area contributed by atoms with Gasteiger partial charge in [0.25, 0.3) is 11.8 Å². The zero-order valence-electron chi connectivity index (χ0n) is 21.4. The molecular formula is C28H28F3N5O2. The van der Waals surface area contributed by atoms with Gasteiger partial charge in [0.1, 0.15) is 5.65 Å². The number of amides is 2. The Morgan fingerprint density at radius 2 is 1.74 bits per heavy atom. The minimum absolute atomic E-state index is 0.0854. The van der Waals surface area contributed by atoms with Crippen LogP contribution in [0.5, 0.6) is 0 Å². The molecule has 0 spiro atoms. The minimum atomic E-state index is -4.57. The number of anilines is 3. The summed E-state index contributed by atoms with van der Waals surface area (Å²) >= 11 is 0.